The average Bonchev–Trinajstić information content (AvgIpc) is 2.64. The van der Waals surface area contributed by atoms with Crippen LogP contribution in [-0.4, -0.2) is 21.1 Å². The van der Waals surface area contributed by atoms with E-state index in [9.17, 15) is 21.6 Å². The maximum Gasteiger partial charge on any atom is 0.279 e. The first-order chi connectivity index (χ1) is 13.1. The van der Waals surface area contributed by atoms with Gasteiger partial charge >= 0.3 is 0 Å². The second kappa shape index (κ2) is 8.83. The molecule has 0 spiro atoms. The summed E-state index contributed by atoms with van der Waals surface area (Å²) in [5, 5.41) is 0. The van der Waals surface area contributed by atoms with Crippen molar-refractivity contribution in [3.05, 3.63) is 84.3 Å². The molecule has 0 saturated heterocycles. The van der Waals surface area contributed by atoms with Gasteiger partial charge in [-0.15, -0.1) is 0 Å². The number of alkyl halides is 2. The number of hydrogen-bond donors (Lipinski definition) is 2. The zero-order valence-electron chi connectivity index (χ0n) is 15.1. The standard InChI is InChI=1S/C19H20F3N3O2S/c1-13(23-24-14(2)19(21)22)15-9-10-16(18(20)11-15)12-25(28(3,26)27)17-7-5-4-6-8-17/h4-11,19,23-24H,1-2,12H2,3H3. The minimum atomic E-state index is -3.64. The van der Waals surface area contributed by atoms with Gasteiger partial charge in [-0.1, -0.05) is 43.5 Å². The van der Waals surface area contributed by atoms with Gasteiger partial charge in [-0.25, -0.2) is 21.6 Å². The smallest absolute Gasteiger partial charge is 0.279 e. The lowest BCUT2D eigenvalue weighted by Gasteiger charge is -2.23. The number of hydrogen-bond acceptors (Lipinski definition) is 4. The fourth-order valence-electron chi connectivity index (χ4n) is 2.29. The highest BCUT2D eigenvalue weighted by molar-refractivity contribution is 7.92. The number of halogens is 3. The maximum absolute atomic E-state index is 14.6. The first-order valence-electron chi connectivity index (χ1n) is 8.09. The van der Waals surface area contributed by atoms with E-state index in [0.29, 0.717) is 11.3 Å². The van der Waals surface area contributed by atoms with Gasteiger partial charge in [-0.3, -0.25) is 9.73 Å². The molecule has 0 saturated carbocycles. The van der Waals surface area contributed by atoms with Crippen LogP contribution >= 0.6 is 0 Å². The molecule has 0 aliphatic carbocycles. The normalized spacial score (nSPS) is 11.2. The zero-order valence-corrected chi connectivity index (χ0v) is 15.9. The highest BCUT2D eigenvalue weighted by atomic mass is 32.2. The Bertz CT molecular complexity index is 964. The summed E-state index contributed by atoms with van der Waals surface area (Å²) in [4.78, 5) is 0. The van der Waals surface area contributed by atoms with Gasteiger partial charge < -0.3 is 5.43 Å². The SMILES string of the molecule is C=C(NNC(=C)C(F)F)c1ccc(CN(c2ccccc2)S(C)(=O)=O)c(F)c1. The minimum Gasteiger partial charge on any atom is -0.301 e. The van der Waals surface area contributed by atoms with Crippen molar-refractivity contribution in [1.82, 2.24) is 10.9 Å². The highest BCUT2D eigenvalue weighted by Crippen LogP contribution is 2.23. The minimum absolute atomic E-state index is 0.148. The summed E-state index contributed by atoms with van der Waals surface area (Å²) >= 11 is 0. The van der Waals surface area contributed by atoms with E-state index < -0.39 is 28.0 Å². The van der Waals surface area contributed by atoms with E-state index in [-0.39, 0.29) is 17.8 Å². The van der Waals surface area contributed by atoms with Gasteiger partial charge in [0.2, 0.25) is 10.0 Å². The summed E-state index contributed by atoms with van der Waals surface area (Å²) in [5.41, 5.74) is 5.07. The van der Waals surface area contributed by atoms with Crippen LogP contribution in [0, 0.1) is 5.82 Å². The molecule has 0 aliphatic heterocycles. The monoisotopic (exact) mass is 411 g/mol. The van der Waals surface area contributed by atoms with Gasteiger partial charge in [0, 0.05) is 11.1 Å². The predicted molar refractivity (Wildman–Crippen MR) is 104 cm³/mol. The molecule has 0 atom stereocenters. The summed E-state index contributed by atoms with van der Waals surface area (Å²) in [6.07, 6.45) is -1.72. The van der Waals surface area contributed by atoms with Crippen molar-refractivity contribution in [3.63, 3.8) is 0 Å². The Labute approximate surface area is 162 Å². The van der Waals surface area contributed by atoms with Gasteiger partial charge in [0.15, 0.2) is 0 Å². The lowest BCUT2D eigenvalue weighted by Crippen LogP contribution is -2.31. The van der Waals surface area contributed by atoms with E-state index in [1.165, 1.54) is 12.1 Å². The van der Waals surface area contributed by atoms with Crippen LogP contribution in [0.5, 0.6) is 0 Å². The molecule has 0 heterocycles. The molecule has 2 N–H and O–H groups in total. The number of para-hydroxylation sites is 1. The third kappa shape index (κ3) is 5.53. The third-order valence-corrected chi connectivity index (χ3v) is 4.94. The Kier molecular flexibility index (Phi) is 6.74. The van der Waals surface area contributed by atoms with Crippen LogP contribution in [0.25, 0.3) is 5.70 Å². The highest BCUT2D eigenvalue weighted by Gasteiger charge is 2.19. The molecular weight excluding hydrogens is 391 g/mol. The van der Waals surface area contributed by atoms with Crippen LogP contribution in [0.15, 0.2) is 67.4 Å². The van der Waals surface area contributed by atoms with E-state index in [0.717, 1.165) is 16.6 Å². The van der Waals surface area contributed by atoms with Crippen LogP contribution in [-0.2, 0) is 16.6 Å². The van der Waals surface area contributed by atoms with E-state index in [2.05, 4.69) is 24.0 Å². The van der Waals surface area contributed by atoms with Crippen molar-refractivity contribution in [2.24, 2.45) is 0 Å². The topological polar surface area (TPSA) is 61.4 Å². The van der Waals surface area contributed by atoms with Crippen LogP contribution in [0.2, 0.25) is 0 Å². The summed E-state index contributed by atoms with van der Waals surface area (Å²) < 4.78 is 64.7. The fraction of sp³-hybridized carbons (Fsp3) is 0.158. The van der Waals surface area contributed by atoms with Crippen molar-refractivity contribution in [1.29, 1.82) is 0 Å². The van der Waals surface area contributed by atoms with Crippen LogP contribution < -0.4 is 15.2 Å². The van der Waals surface area contributed by atoms with Crippen molar-refractivity contribution in [2.45, 2.75) is 13.0 Å². The Hall–Kier alpha value is -2.94. The molecule has 0 bridgehead atoms. The zero-order chi connectivity index (χ0) is 20.9. The number of nitrogens with one attached hydrogen (secondary N) is 2. The molecule has 2 rings (SSSR count). The number of benzene rings is 2. The van der Waals surface area contributed by atoms with Crippen molar-refractivity contribution >= 4 is 21.4 Å². The van der Waals surface area contributed by atoms with E-state index in [4.69, 9.17) is 0 Å². The number of allylic oxidation sites excluding steroid dienone is 1. The number of hydrazine groups is 1. The number of nitrogens with zero attached hydrogens (tertiary/aromatic N) is 1. The first kappa shape index (κ1) is 21.4. The molecule has 0 radical (unpaired) electrons. The first-order valence-corrected chi connectivity index (χ1v) is 9.94. The summed E-state index contributed by atoms with van der Waals surface area (Å²) in [5.74, 6) is -0.655. The molecule has 2 aromatic carbocycles. The molecule has 0 unspecified atom stereocenters. The fourth-order valence-corrected chi connectivity index (χ4v) is 3.17. The van der Waals surface area contributed by atoms with E-state index >= 15 is 0 Å². The molecule has 5 nitrogen and oxygen atoms in total. The van der Waals surface area contributed by atoms with E-state index in [1.807, 2.05) is 0 Å². The molecule has 9 heteroatoms. The Morgan fingerprint density at radius 3 is 2.29 bits per heavy atom. The van der Waals surface area contributed by atoms with Crippen molar-refractivity contribution in [3.8, 4) is 0 Å². The molecule has 150 valence electrons. The summed E-state index contributed by atoms with van der Waals surface area (Å²) in [7, 11) is -3.64. The second-order valence-corrected chi connectivity index (χ2v) is 7.87. The van der Waals surface area contributed by atoms with Crippen LogP contribution in [0.3, 0.4) is 0 Å². The number of anilines is 1. The van der Waals surface area contributed by atoms with Gasteiger partial charge in [0.05, 0.1) is 29.9 Å². The van der Waals surface area contributed by atoms with Crippen molar-refractivity contribution in [2.75, 3.05) is 10.6 Å². The lowest BCUT2D eigenvalue weighted by molar-refractivity contribution is 0.179. The van der Waals surface area contributed by atoms with E-state index in [1.54, 1.807) is 30.3 Å². The molecule has 0 aliphatic rings. The van der Waals surface area contributed by atoms with Gasteiger partial charge in [-0.05, 0) is 18.2 Å². The molecule has 0 fully saturated rings. The Balaban J connectivity index is 2.19. The maximum atomic E-state index is 14.6. The summed E-state index contributed by atoms with van der Waals surface area (Å²) in [6, 6.07) is 12.4. The number of sulfonamides is 1. The molecular formula is C19H20F3N3O2S. The molecule has 2 aromatic rings. The third-order valence-electron chi connectivity index (χ3n) is 3.80. The molecule has 0 amide bonds. The van der Waals surface area contributed by atoms with Crippen molar-refractivity contribution < 1.29 is 21.6 Å². The van der Waals surface area contributed by atoms with Gasteiger partial charge in [-0.2, -0.15) is 0 Å². The van der Waals surface area contributed by atoms with Gasteiger partial charge in [0.1, 0.15) is 5.82 Å². The Morgan fingerprint density at radius 2 is 1.75 bits per heavy atom. The molecule has 0 aromatic heterocycles. The predicted octanol–water partition coefficient (Wildman–Crippen LogP) is 3.64. The molecule has 28 heavy (non-hydrogen) atoms. The quantitative estimate of drug-likeness (QED) is 0.619. The summed E-state index contributed by atoms with van der Waals surface area (Å²) in [6.45, 7) is 6.58. The average molecular weight is 411 g/mol. The Morgan fingerprint density at radius 1 is 1.11 bits per heavy atom. The largest absolute Gasteiger partial charge is 0.301 e. The van der Waals surface area contributed by atoms with Crippen LogP contribution in [0.1, 0.15) is 11.1 Å². The lowest BCUT2D eigenvalue weighted by atomic mass is 10.1. The second-order valence-electron chi connectivity index (χ2n) is 5.97. The van der Waals surface area contributed by atoms with Crippen LogP contribution in [0.4, 0.5) is 18.9 Å². The number of rotatable bonds is 9. The van der Waals surface area contributed by atoms with Gasteiger partial charge in [0.25, 0.3) is 6.43 Å².